The minimum absolute atomic E-state index is 0.0114. The highest BCUT2D eigenvalue weighted by Gasteiger charge is 2.18. The van der Waals surface area contributed by atoms with Crippen molar-refractivity contribution in [3.8, 4) is 33.9 Å². The summed E-state index contributed by atoms with van der Waals surface area (Å²) in [6.07, 6.45) is 5.33. The van der Waals surface area contributed by atoms with Crippen LogP contribution in [0.15, 0.2) is 48.9 Å². The molecule has 0 radical (unpaired) electrons. The van der Waals surface area contributed by atoms with Crippen molar-refractivity contribution in [3.63, 3.8) is 0 Å². The van der Waals surface area contributed by atoms with E-state index in [0.29, 0.717) is 32.3 Å². The fourth-order valence-electron chi connectivity index (χ4n) is 3.32. The highest BCUT2D eigenvalue weighted by atomic mass is 16.7. The van der Waals surface area contributed by atoms with Crippen molar-refractivity contribution in [2.45, 2.75) is 6.10 Å². The maximum absolute atomic E-state index is 5.67. The van der Waals surface area contributed by atoms with Crippen LogP contribution in [0.2, 0.25) is 0 Å². The molecule has 1 N–H and O–H groups in total. The third-order valence-corrected chi connectivity index (χ3v) is 4.78. The quantitative estimate of drug-likeness (QED) is 0.709. The van der Waals surface area contributed by atoms with Gasteiger partial charge in [-0.3, -0.25) is 4.98 Å². The minimum Gasteiger partial charge on any atom is -0.454 e. The van der Waals surface area contributed by atoms with E-state index in [1.165, 1.54) is 0 Å². The van der Waals surface area contributed by atoms with Crippen LogP contribution < -0.4 is 14.8 Å². The molecule has 5 rings (SSSR count). The predicted octanol–water partition coefficient (Wildman–Crippen LogP) is 2.76. The normalized spacial score (nSPS) is 17.9. The SMILES string of the molecule is c1cncc(-c2nc(NC[C@H]3COCCO3)ncc2-c2ccc3c(c2)OCO3)c1. The molecular weight excluding hydrogens is 372 g/mol. The highest BCUT2D eigenvalue weighted by Crippen LogP contribution is 2.38. The van der Waals surface area contributed by atoms with Crippen LogP contribution >= 0.6 is 0 Å². The molecule has 29 heavy (non-hydrogen) atoms. The number of ether oxygens (including phenoxy) is 4. The summed E-state index contributed by atoms with van der Waals surface area (Å²) in [7, 11) is 0. The Hall–Kier alpha value is -3.23. The number of fused-ring (bicyclic) bond motifs is 1. The average Bonchev–Trinajstić information content (AvgIpc) is 3.27. The fraction of sp³-hybridized carbons (Fsp3) is 0.286. The maximum Gasteiger partial charge on any atom is 0.231 e. The molecule has 1 saturated heterocycles. The number of aromatic nitrogens is 3. The van der Waals surface area contributed by atoms with Gasteiger partial charge in [-0.15, -0.1) is 0 Å². The van der Waals surface area contributed by atoms with Crippen molar-refractivity contribution >= 4 is 5.95 Å². The molecule has 0 amide bonds. The number of hydrogen-bond acceptors (Lipinski definition) is 8. The van der Waals surface area contributed by atoms with E-state index in [-0.39, 0.29) is 12.9 Å². The number of nitrogens with zero attached hydrogens (tertiary/aromatic N) is 3. The second kappa shape index (κ2) is 8.02. The number of pyridine rings is 1. The largest absolute Gasteiger partial charge is 0.454 e. The van der Waals surface area contributed by atoms with Gasteiger partial charge in [-0.2, -0.15) is 0 Å². The van der Waals surface area contributed by atoms with Crippen LogP contribution in [-0.4, -0.2) is 54.2 Å². The average molecular weight is 392 g/mol. The van der Waals surface area contributed by atoms with Gasteiger partial charge in [0.05, 0.1) is 31.6 Å². The summed E-state index contributed by atoms with van der Waals surface area (Å²) in [5.74, 6) is 1.99. The lowest BCUT2D eigenvalue weighted by Crippen LogP contribution is -2.34. The molecule has 1 aromatic carbocycles. The van der Waals surface area contributed by atoms with Crippen LogP contribution in [-0.2, 0) is 9.47 Å². The van der Waals surface area contributed by atoms with E-state index >= 15 is 0 Å². The zero-order chi connectivity index (χ0) is 19.5. The Labute approximate surface area is 167 Å². The number of rotatable bonds is 5. The summed E-state index contributed by atoms with van der Waals surface area (Å²) in [5.41, 5.74) is 3.53. The van der Waals surface area contributed by atoms with Crippen molar-refractivity contribution < 1.29 is 18.9 Å². The first kappa shape index (κ1) is 17.8. The molecule has 0 aliphatic carbocycles. The van der Waals surface area contributed by atoms with Crippen LogP contribution in [0.4, 0.5) is 5.95 Å². The van der Waals surface area contributed by atoms with Crippen molar-refractivity contribution in [1.82, 2.24) is 15.0 Å². The highest BCUT2D eigenvalue weighted by molar-refractivity contribution is 5.81. The van der Waals surface area contributed by atoms with Gasteiger partial charge in [0.15, 0.2) is 11.5 Å². The first-order valence-corrected chi connectivity index (χ1v) is 9.47. The van der Waals surface area contributed by atoms with Gasteiger partial charge in [-0.1, -0.05) is 6.07 Å². The van der Waals surface area contributed by atoms with Gasteiger partial charge < -0.3 is 24.3 Å². The first-order valence-electron chi connectivity index (χ1n) is 9.47. The van der Waals surface area contributed by atoms with E-state index in [4.69, 9.17) is 23.9 Å². The van der Waals surface area contributed by atoms with Gasteiger partial charge in [0.2, 0.25) is 12.7 Å². The zero-order valence-corrected chi connectivity index (χ0v) is 15.7. The van der Waals surface area contributed by atoms with Gasteiger partial charge in [0.1, 0.15) is 0 Å². The zero-order valence-electron chi connectivity index (χ0n) is 15.7. The number of benzene rings is 1. The maximum atomic E-state index is 5.67. The van der Waals surface area contributed by atoms with E-state index in [1.54, 1.807) is 12.4 Å². The smallest absolute Gasteiger partial charge is 0.231 e. The Morgan fingerprint density at radius 2 is 2.00 bits per heavy atom. The summed E-state index contributed by atoms with van der Waals surface area (Å²) in [6.45, 7) is 2.63. The number of nitrogens with one attached hydrogen (secondary N) is 1. The lowest BCUT2D eigenvalue weighted by Gasteiger charge is -2.23. The summed E-state index contributed by atoms with van der Waals surface area (Å²) in [6, 6.07) is 9.69. The lowest BCUT2D eigenvalue weighted by molar-refractivity contribution is -0.0819. The Morgan fingerprint density at radius 1 is 1.03 bits per heavy atom. The first-order chi connectivity index (χ1) is 14.4. The molecule has 3 aromatic rings. The van der Waals surface area contributed by atoms with Crippen molar-refractivity contribution in [3.05, 3.63) is 48.9 Å². The third kappa shape index (κ3) is 3.85. The van der Waals surface area contributed by atoms with Gasteiger partial charge in [-0.25, -0.2) is 9.97 Å². The molecule has 2 aromatic heterocycles. The monoisotopic (exact) mass is 392 g/mol. The number of anilines is 1. The topological polar surface area (TPSA) is 87.6 Å². The molecule has 1 fully saturated rings. The van der Waals surface area contributed by atoms with Crippen LogP contribution in [0.1, 0.15) is 0 Å². The third-order valence-electron chi connectivity index (χ3n) is 4.78. The lowest BCUT2D eigenvalue weighted by atomic mass is 10.0. The molecule has 0 spiro atoms. The summed E-state index contributed by atoms with van der Waals surface area (Å²) in [4.78, 5) is 13.5. The second-order valence-electron chi connectivity index (χ2n) is 6.71. The Balaban J connectivity index is 1.47. The summed E-state index contributed by atoms with van der Waals surface area (Å²) >= 11 is 0. The Kier molecular flexibility index (Phi) is 4.93. The predicted molar refractivity (Wildman–Crippen MR) is 106 cm³/mol. The molecule has 2 aliphatic heterocycles. The minimum atomic E-state index is -0.0114. The molecular formula is C21H20N4O4. The molecule has 8 heteroatoms. The molecule has 8 nitrogen and oxygen atoms in total. The summed E-state index contributed by atoms with van der Waals surface area (Å²) < 4.78 is 22.1. The van der Waals surface area contributed by atoms with E-state index < -0.39 is 0 Å². The molecule has 148 valence electrons. The molecule has 0 saturated carbocycles. The van der Waals surface area contributed by atoms with Crippen molar-refractivity contribution in [2.24, 2.45) is 0 Å². The molecule has 2 aliphatic rings. The van der Waals surface area contributed by atoms with Crippen molar-refractivity contribution in [1.29, 1.82) is 0 Å². The van der Waals surface area contributed by atoms with Gasteiger partial charge in [0.25, 0.3) is 0 Å². The van der Waals surface area contributed by atoms with Crippen LogP contribution in [0.25, 0.3) is 22.4 Å². The molecule has 4 heterocycles. The van der Waals surface area contributed by atoms with Crippen LogP contribution in [0.3, 0.4) is 0 Å². The van der Waals surface area contributed by atoms with Crippen LogP contribution in [0, 0.1) is 0 Å². The van der Waals surface area contributed by atoms with E-state index in [1.807, 2.05) is 36.5 Å². The standard InChI is InChI=1S/C21H20N4O4/c1-2-15(9-22-5-1)20-17(14-3-4-18-19(8-14)29-13-28-18)11-24-21(25-20)23-10-16-12-26-6-7-27-16/h1-5,8-9,11,16H,6-7,10,12-13H2,(H,23,24,25)/t16-/m0/s1. The number of hydrogen-bond donors (Lipinski definition) is 1. The van der Waals surface area contributed by atoms with E-state index in [9.17, 15) is 0 Å². The molecule has 0 unspecified atom stereocenters. The van der Waals surface area contributed by atoms with Gasteiger partial charge >= 0.3 is 0 Å². The van der Waals surface area contributed by atoms with Gasteiger partial charge in [-0.05, 0) is 29.8 Å². The summed E-state index contributed by atoms with van der Waals surface area (Å²) in [5, 5.41) is 3.25. The van der Waals surface area contributed by atoms with Gasteiger partial charge in [0, 0.05) is 36.3 Å². The van der Waals surface area contributed by atoms with Crippen molar-refractivity contribution in [2.75, 3.05) is 38.5 Å². The molecule has 1 atom stereocenters. The van der Waals surface area contributed by atoms with E-state index in [2.05, 4.69) is 15.3 Å². The Morgan fingerprint density at radius 3 is 2.86 bits per heavy atom. The second-order valence-corrected chi connectivity index (χ2v) is 6.71. The molecule has 0 bridgehead atoms. The Bertz CT molecular complexity index is 993. The van der Waals surface area contributed by atoms with Crippen LogP contribution in [0.5, 0.6) is 11.5 Å². The fourth-order valence-corrected chi connectivity index (χ4v) is 3.32. The van der Waals surface area contributed by atoms with E-state index in [0.717, 1.165) is 33.9 Å².